The van der Waals surface area contributed by atoms with Gasteiger partial charge in [0.2, 0.25) is 0 Å². The molecular weight excluding hydrogens is 246 g/mol. The van der Waals surface area contributed by atoms with Crippen molar-refractivity contribution >= 4 is 0 Å². The van der Waals surface area contributed by atoms with Gasteiger partial charge in [0.1, 0.15) is 24.2 Å². The van der Waals surface area contributed by atoms with Gasteiger partial charge in [-0.05, 0) is 43.7 Å². The zero-order chi connectivity index (χ0) is 13.9. The molecule has 0 spiro atoms. The van der Waals surface area contributed by atoms with Crippen LogP contribution >= 0.6 is 0 Å². The first-order chi connectivity index (χ1) is 9.26. The van der Waals surface area contributed by atoms with Crippen LogP contribution in [0.1, 0.15) is 12.8 Å². The first-order valence-corrected chi connectivity index (χ1v) is 6.52. The summed E-state index contributed by atoms with van der Waals surface area (Å²) < 4.78 is 10.5. The van der Waals surface area contributed by atoms with E-state index >= 15 is 0 Å². The second kappa shape index (κ2) is 9.61. The third kappa shape index (κ3) is 7.00. The summed E-state index contributed by atoms with van der Waals surface area (Å²) in [5.74, 6) is 1.48. The predicted octanol–water partition coefficient (Wildman–Crippen LogP) is 0.797. The summed E-state index contributed by atoms with van der Waals surface area (Å²) in [5, 5.41) is 21.4. The minimum absolute atomic E-state index is 0.213. The molecule has 0 fully saturated rings. The molecule has 19 heavy (non-hydrogen) atoms. The first kappa shape index (κ1) is 15.8. The first-order valence-electron chi connectivity index (χ1n) is 6.52. The van der Waals surface area contributed by atoms with Gasteiger partial charge in [0.15, 0.2) is 0 Å². The number of methoxy groups -OCH3 is 1. The van der Waals surface area contributed by atoms with Crippen molar-refractivity contribution < 1.29 is 19.7 Å². The summed E-state index contributed by atoms with van der Waals surface area (Å²) in [4.78, 5) is 0. The minimum Gasteiger partial charge on any atom is -0.497 e. The number of ether oxygens (including phenoxy) is 2. The molecule has 0 aliphatic rings. The van der Waals surface area contributed by atoms with Crippen molar-refractivity contribution in [3.05, 3.63) is 24.3 Å². The predicted molar refractivity (Wildman–Crippen MR) is 73.7 cm³/mol. The number of aliphatic hydroxyl groups is 2. The highest BCUT2D eigenvalue weighted by molar-refractivity contribution is 5.31. The number of nitrogens with one attached hydrogen (secondary N) is 1. The quantitative estimate of drug-likeness (QED) is 0.548. The molecule has 0 amide bonds. The third-order valence-corrected chi connectivity index (χ3v) is 2.64. The molecule has 108 valence electrons. The highest BCUT2D eigenvalue weighted by atomic mass is 16.5. The zero-order valence-corrected chi connectivity index (χ0v) is 11.3. The number of aliphatic hydroxyl groups excluding tert-OH is 2. The van der Waals surface area contributed by atoms with Crippen LogP contribution in [0.5, 0.6) is 11.5 Å². The standard InChI is InChI=1S/C14H23NO4/c1-18-13-4-6-14(7-5-13)19-11-12(17)10-15-8-2-3-9-16/h4-7,12,15-17H,2-3,8-11H2,1H3. The second-order valence-electron chi connectivity index (χ2n) is 4.28. The second-order valence-corrected chi connectivity index (χ2v) is 4.28. The summed E-state index contributed by atoms with van der Waals surface area (Å²) in [5.41, 5.74) is 0. The maximum atomic E-state index is 9.71. The van der Waals surface area contributed by atoms with Crippen LogP contribution in [0.4, 0.5) is 0 Å². The third-order valence-electron chi connectivity index (χ3n) is 2.64. The van der Waals surface area contributed by atoms with Crippen molar-refractivity contribution in [3.8, 4) is 11.5 Å². The molecule has 0 aliphatic heterocycles. The zero-order valence-electron chi connectivity index (χ0n) is 11.3. The fraction of sp³-hybridized carbons (Fsp3) is 0.571. The molecule has 3 N–H and O–H groups in total. The molecular formula is C14H23NO4. The Kier molecular flexibility index (Phi) is 7.97. The van der Waals surface area contributed by atoms with E-state index in [4.69, 9.17) is 14.6 Å². The van der Waals surface area contributed by atoms with E-state index in [-0.39, 0.29) is 13.2 Å². The number of benzene rings is 1. The van der Waals surface area contributed by atoms with Gasteiger partial charge in [0, 0.05) is 13.2 Å². The van der Waals surface area contributed by atoms with E-state index < -0.39 is 6.10 Å². The number of rotatable bonds is 10. The van der Waals surface area contributed by atoms with Crippen molar-refractivity contribution in [1.82, 2.24) is 5.32 Å². The van der Waals surface area contributed by atoms with Gasteiger partial charge in [0.05, 0.1) is 7.11 Å². The Hall–Kier alpha value is -1.30. The normalized spacial score (nSPS) is 12.2. The van der Waals surface area contributed by atoms with Gasteiger partial charge in [-0.25, -0.2) is 0 Å². The van der Waals surface area contributed by atoms with Crippen molar-refractivity contribution in [1.29, 1.82) is 0 Å². The topological polar surface area (TPSA) is 71.0 Å². The molecule has 5 nitrogen and oxygen atoms in total. The Balaban J connectivity index is 2.13. The van der Waals surface area contributed by atoms with Crippen molar-refractivity contribution in [2.45, 2.75) is 18.9 Å². The lowest BCUT2D eigenvalue weighted by Crippen LogP contribution is -2.32. The molecule has 5 heteroatoms. The molecule has 0 saturated carbocycles. The van der Waals surface area contributed by atoms with E-state index in [0.717, 1.165) is 25.1 Å². The smallest absolute Gasteiger partial charge is 0.119 e. The van der Waals surface area contributed by atoms with Crippen molar-refractivity contribution in [2.75, 3.05) is 33.4 Å². The van der Waals surface area contributed by atoms with Crippen LogP contribution in [0.15, 0.2) is 24.3 Å². The fourth-order valence-electron chi connectivity index (χ4n) is 1.55. The van der Waals surface area contributed by atoms with Gasteiger partial charge in [-0.3, -0.25) is 0 Å². The van der Waals surface area contributed by atoms with Gasteiger partial charge in [-0.15, -0.1) is 0 Å². The lowest BCUT2D eigenvalue weighted by Gasteiger charge is -2.13. The Morgan fingerprint density at radius 1 is 1.16 bits per heavy atom. The molecule has 1 atom stereocenters. The Morgan fingerprint density at radius 3 is 2.47 bits per heavy atom. The number of hydrogen-bond donors (Lipinski definition) is 3. The monoisotopic (exact) mass is 269 g/mol. The van der Waals surface area contributed by atoms with Crippen LogP contribution in [0, 0.1) is 0 Å². The fourth-order valence-corrected chi connectivity index (χ4v) is 1.55. The summed E-state index contributed by atoms with van der Waals surface area (Å²) in [6, 6.07) is 7.24. The molecule has 0 saturated heterocycles. The average molecular weight is 269 g/mol. The van der Waals surface area contributed by atoms with E-state index in [9.17, 15) is 5.11 Å². The highest BCUT2D eigenvalue weighted by Gasteiger charge is 2.04. The lowest BCUT2D eigenvalue weighted by atomic mass is 10.3. The molecule has 1 unspecified atom stereocenters. The molecule has 1 aromatic carbocycles. The number of hydrogen-bond acceptors (Lipinski definition) is 5. The van der Waals surface area contributed by atoms with E-state index in [0.29, 0.717) is 12.3 Å². The maximum absolute atomic E-state index is 9.71. The Morgan fingerprint density at radius 2 is 1.84 bits per heavy atom. The molecule has 1 rings (SSSR count). The largest absolute Gasteiger partial charge is 0.497 e. The lowest BCUT2D eigenvalue weighted by molar-refractivity contribution is 0.106. The van der Waals surface area contributed by atoms with E-state index in [1.807, 2.05) is 12.1 Å². The Bertz CT molecular complexity index is 329. The van der Waals surface area contributed by atoms with E-state index in [1.165, 1.54) is 0 Å². The molecule has 1 aromatic rings. The van der Waals surface area contributed by atoms with Gasteiger partial charge in [-0.2, -0.15) is 0 Å². The highest BCUT2D eigenvalue weighted by Crippen LogP contribution is 2.16. The molecule has 0 bridgehead atoms. The molecule has 0 radical (unpaired) electrons. The van der Waals surface area contributed by atoms with Crippen LogP contribution in [0.3, 0.4) is 0 Å². The van der Waals surface area contributed by atoms with E-state index in [2.05, 4.69) is 5.32 Å². The number of unbranched alkanes of at least 4 members (excludes halogenated alkanes) is 1. The van der Waals surface area contributed by atoms with Crippen LogP contribution in [0.2, 0.25) is 0 Å². The van der Waals surface area contributed by atoms with Crippen molar-refractivity contribution in [2.24, 2.45) is 0 Å². The van der Waals surface area contributed by atoms with Crippen LogP contribution in [-0.2, 0) is 0 Å². The van der Waals surface area contributed by atoms with Gasteiger partial charge in [-0.1, -0.05) is 0 Å². The average Bonchev–Trinajstić information content (AvgIpc) is 2.45. The van der Waals surface area contributed by atoms with Gasteiger partial charge < -0.3 is 25.0 Å². The summed E-state index contributed by atoms with van der Waals surface area (Å²) in [6.45, 7) is 1.74. The molecule has 0 heterocycles. The van der Waals surface area contributed by atoms with Crippen LogP contribution in [-0.4, -0.2) is 49.7 Å². The van der Waals surface area contributed by atoms with Gasteiger partial charge in [0.25, 0.3) is 0 Å². The van der Waals surface area contributed by atoms with Crippen molar-refractivity contribution in [3.63, 3.8) is 0 Å². The minimum atomic E-state index is -0.545. The van der Waals surface area contributed by atoms with Gasteiger partial charge >= 0.3 is 0 Å². The van der Waals surface area contributed by atoms with Crippen LogP contribution in [0.25, 0.3) is 0 Å². The summed E-state index contributed by atoms with van der Waals surface area (Å²) >= 11 is 0. The molecule has 0 aromatic heterocycles. The Labute approximate surface area is 114 Å². The van der Waals surface area contributed by atoms with E-state index in [1.54, 1.807) is 19.2 Å². The maximum Gasteiger partial charge on any atom is 0.119 e. The van der Waals surface area contributed by atoms with Crippen LogP contribution < -0.4 is 14.8 Å². The summed E-state index contributed by atoms with van der Waals surface area (Å²) in [7, 11) is 1.61. The molecule has 0 aliphatic carbocycles. The SMILES string of the molecule is COc1ccc(OCC(O)CNCCCCO)cc1. The summed E-state index contributed by atoms with van der Waals surface area (Å²) in [6.07, 6.45) is 1.14.